The predicted octanol–water partition coefficient (Wildman–Crippen LogP) is -0.705. The summed E-state index contributed by atoms with van der Waals surface area (Å²) in [6.07, 6.45) is 1.65. The molecule has 8 heteroatoms. The number of rotatable bonds is 7. The molecule has 0 saturated carbocycles. The fourth-order valence-electron chi connectivity index (χ4n) is 2.11. The summed E-state index contributed by atoms with van der Waals surface area (Å²) >= 11 is 0. The van der Waals surface area contributed by atoms with Crippen molar-refractivity contribution in [1.29, 1.82) is 0 Å². The number of aromatic amines is 1. The molecule has 0 amide bonds. The van der Waals surface area contributed by atoms with E-state index >= 15 is 0 Å². The van der Waals surface area contributed by atoms with Gasteiger partial charge in [0.1, 0.15) is 12.4 Å². The van der Waals surface area contributed by atoms with Crippen LogP contribution < -0.4 is 34.3 Å². The summed E-state index contributed by atoms with van der Waals surface area (Å²) in [5.41, 5.74) is 2.37. The molecule has 1 aromatic carbocycles. The van der Waals surface area contributed by atoms with E-state index < -0.39 is 10.8 Å². The van der Waals surface area contributed by atoms with Crippen molar-refractivity contribution < 1.29 is 43.2 Å². The average Bonchev–Trinajstić information content (AvgIpc) is 3.00. The van der Waals surface area contributed by atoms with E-state index in [9.17, 15) is 4.21 Å². The van der Waals surface area contributed by atoms with Gasteiger partial charge >= 0.3 is 29.6 Å². The van der Waals surface area contributed by atoms with Gasteiger partial charge in [0, 0.05) is 19.4 Å². The van der Waals surface area contributed by atoms with Crippen LogP contribution in [0.25, 0.3) is 11.0 Å². The van der Waals surface area contributed by atoms with E-state index in [1.54, 1.807) is 25.4 Å². The quantitative estimate of drug-likeness (QED) is 0.448. The summed E-state index contributed by atoms with van der Waals surface area (Å²) in [7, 11) is 0.331. The zero-order valence-corrected chi connectivity index (χ0v) is 16.5. The minimum atomic E-state index is -1.29. The number of H-pyrrole nitrogens is 1. The Morgan fingerprint density at radius 2 is 2.04 bits per heavy atom. The number of fused-ring (bicyclic) bond motifs is 1. The molecule has 3 rings (SSSR count). The maximum atomic E-state index is 12.5. The number of methoxy groups -OCH3 is 1. The first kappa shape index (κ1) is 19.1. The van der Waals surface area contributed by atoms with Crippen molar-refractivity contribution >= 4 is 21.8 Å². The van der Waals surface area contributed by atoms with Gasteiger partial charge in [-0.2, -0.15) is 0 Å². The first-order chi connectivity index (χ1) is 11.3. The third kappa shape index (κ3) is 4.87. The van der Waals surface area contributed by atoms with Gasteiger partial charge in [-0.15, -0.1) is 0 Å². The molecule has 2 aromatic heterocycles. The molecule has 0 aliphatic carbocycles. The van der Waals surface area contributed by atoms with E-state index in [-0.39, 0.29) is 35.3 Å². The number of benzene rings is 1. The fraction of sp³-hybridized carbons (Fsp3) is 0.250. The van der Waals surface area contributed by atoms with Gasteiger partial charge in [0.25, 0.3) is 0 Å². The molecule has 2 heterocycles. The minimum Gasteiger partial charge on any atom is -0.491 e. The van der Waals surface area contributed by atoms with Crippen LogP contribution in [0.1, 0.15) is 5.69 Å². The van der Waals surface area contributed by atoms with Crippen molar-refractivity contribution in [2.45, 2.75) is 10.9 Å². The van der Waals surface area contributed by atoms with Crippen molar-refractivity contribution in [3.05, 3.63) is 48.3 Å². The molecule has 0 radical (unpaired) electrons. The summed E-state index contributed by atoms with van der Waals surface area (Å²) in [4.78, 5) is 11.7. The second-order valence-corrected chi connectivity index (χ2v) is 6.24. The molecule has 24 heavy (non-hydrogen) atoms. The molecule has 1 unspecified atom stereocenters. The van der Waals surface area contributed by atoms with Crippen LogP contribution in [0.2, 0.25) is 0 Å². The Morgan fingerprint density at radius 1 is 1.21 bits per heavy atom. The van der Waals surface area contributed by atoms with Gasteiger partial charge in [-0.1, -0.05) is 12.1 Å². The number of nitrogens with zero attached hydrogens (tertiary/aromatic N) is 2. The summed E-state index contributed by atoms with van der Waals surface area (Å²) in [6, 6.07) is 11.2. The molecule has 0 bridgehead atoms. The van der Waals surface area contributed by atoms with E-state index in [0.29, 0.717) is 29.8 Å². The van der Waals surface area contributed by atoms with E-state index in [1.807, 2.05) is 24.3 Å². The van der Waals surface area contributed by atoms with E-state index in [0.717, 1.165) is 11.0 Å². The van der Waals surface area contributed by atoms with Gasteiger partial charge in [0.15, 0.2) is 5.16 Å². The van der Waals surface area contributed by atoms with Crippen molar-refractivity contribution in [3.63, 3.8) is 0 Å². The molecule has 120 valence electrons. The van der Waals surface area contributed by atoms with E-state index in [1.165, 1.54) is 0 Å². The molecule has 0 fully saturated rings. The summed E-state index contributed by atoms with van der Waals surface area (Å²) in [5.74, 6) is 0.968. The van der Waals surface area contributed by atoms with Crippen LogP contribution in [-0.2, 0) is 21.3 Å². The van der Waals surface area contributed by atoms with Crippen LogP contribution in [0, 0.1) is 0 Å². The summed E-state index contributed by atoms with van der Waals surface area (Å²) in [5, 5.41) is 0.457. The maximum Gasteiger partial charge on any atom is 1.00 e. The van der Waals surface area contributed by atoms with Crippen LogP contribution in [-0.4, -0.2) is 39.5 Å². The Labute approximate surface area is 164 Å². The first-order valence-electron chi connectivity index (χ1n) is 7.16. The topological polar surface area (TPSA) is 77.1 Å². The van der Waals surface area contributed by atoms with Gasteiger partial charge in [-0.05, 0) is 18.2 Å². The number of imidazole rings is 1. The summed E-state index contributed by atoms with van der Waals surface area (Å²) < 4.78 is 23.0. The van der Waals surface area contributed by atoms with Gasteiger partial charge < -0.3 is 14.5 Å². The molecule has 1 atom stereocenters. The van der Waals surface area contributed by atoms with Crippen molar-refractivity contribution in [2.75, 3.05) is 20.3 Å². The molecule has 0 aliphatic heterocycles. The Balaban J connectivity index is 0.00000208. The number of hydrogen-bond acceptors (Lipinski definition) is 5. The van der Waals surface area contributed by atoms with Gasteiger partial charge in [-0.3, -0.25) is 9.19 Å². The van der Waals surface area contributed by atoms with E-state index in [2.05, 4.69) is 15.0 Å². The third-order valence-corrected chi connectivity index (χ3v) is 4.39. The normalized spacial score (nSPS) is 11.9. The number of pyridine rings is 1. The first-order valence-corrected chi connectivity index (χ1v) is 8.48. The van der Waals surface area contributed by atoms with Crippen LogP contribution in [0.15, 0.2) is 47.8 Å². The molecule has 1 N–H and O–H groups in total. The second-order valence-electron chi connectivity index (χ2n) is 4.87. The predicted molar refractivity (Wildman–Crippen MR) is 87.8 cm³/mol. The van der Waals surface area contributed by atoms with Crippen LogP contribution in [0.4, 0.5) is 0 Å². The zero-order valence-electron chi connectivity index (χ0n) is 13.7. The number of nitrogens with one attached hydrogen (secondary N) is 1. The zero-order chi connectivity index (χ0) is 16.1. The molecule has 0 aliphatic rings. The van der Waals surface area contributed by atoms with Gasteiger partial charge in [0.2, 0.25) is 0 Å². The molecule has 0 spiro atoms. The fourth-order valence-corrected chi connectivity index (χ4v) is 3.09. The SMILES string of the molecule is COCCOc1ccnc(CS(=O)c2nc3ccccc3[nH]2)c1.[Na+]. The van der Waals surface area contributed by atoms with E-state index in [4.69, 9.17) is 9.47 Å². The minimum absolute atomic E-state index is 0. The van der Waals surface area contributed by atoms with Crippen LogP contribution in [0.3, 0.4) is 0 Å². The van der Waals surface area contributed by atoms with Gasteiger partial charge in [0.05, 0.1) is 39.9 Å². The Morgan fingerprint density at radius 3 is 2.83 bits per heavy atom. The Bertz CT molecular complexity index is 792. The second kappa shape index (κ2) is 9.29. The molecule has 3 aromatic rings. The van der Waals surface area contributed by atoms with Crippen molar-refractivity contribution in [1.82, 2.24) is 15.0 Å². The molecular weight excluding hydrogens is 337 g/mol. The van der Waals surface area contributed by atoms with Crippen molar-refractivity contribution in [3.8, 4) is 5.75 Å². The van der Waals surface area contributed by atoms with Crippen LogP contribution >= 0.6 is 0 Å². The largest absolute Gasteiger partial charge is 1.00 e. The summed E-state index contributed by atoms with van der Waals surface area (Å²) in [6.45, 7) is 0.981. The Hall–Kier alpha value is -1.25. The standard InChI is InChI=1S/C16H17N3O3S.Na/c1-21-8-9-22-13-6-7-17-12(10-13)11-23(20)16-18-14-4-2-3-5-15(14)19-16;/h2-7,10H,8-9,11H2,1H3,(H,18,19);/q;+1. The number of hydrogen-bond donors (Lipinski definition) is 1. The number of ether oxygens (including phenoxy) is 2. The van der Waals surface area contributed by atoms with Gasteiger partial charge in [-0.25, -0.2) is 4.98 Å². The van der Waals surface area contributed by atoms with Crippen molar-refractivity contribution in [2.24, 2.45) is 0 Å². The molecule has 0 saturated heterocycles. The molecule has 6 nitrogen and oxygen atoms in total. The maximum absolute atomic E-state index is 12.5. The Kier molecular flexibility index (Phi) is 7.39. The third-order valence-electron chi connectivity index (χ3n) is 3.21. The number of aromatic nitrogens is 3. The number of para-hydroxylation sites is 2. The average molecular weight is 354 g/mol. The smallest absolute Gasteiger partial charge is 0.491 e. The molecular formula is C16H17N3NaO3S+. The van der Waals surface area contributed by atoms with Crippen LogP contribution in [0.5, 0.6) is 5.75 Å². The monoisotopic (exact) mass is 354 g/mol.